The fraction of sp³-hybridized carbons (Fsp3) is 0.667. The van der Waals surface area contributed by atoms with Gasteiger partial charge in [0.1, 0.15) is 0 Å². The number of ether oxygens (including phenoxy) is 1. The summed E-state index contributed by atoms with van der Waals surface area (Å²) in [7, 11) is 1.63. The minimum Gasteiger partial charge on any atom is -0.494 e. The van der Waals surface area contributed by atoms with Gasteiger partial charge < -0.3 is 15.0 Å². The number of rotatable bonds is 2. The van der Waals surface area contributed by atoms with E-state index in [1.54, 1.807) is 19.5 Å². The van der Waals surface area contributed by atoms with Crippen LogP contribution < -0.4 is 15.0 Å². The fourth-order valence-corrected chi connectivity index (χ4v) is 2.70. The first-order valence-corrected chi connectivity index (χ1v) is 6.22. The van der Waals surface area contributed by atoms with E-state index in [1.807, 2.05) is 0 Å². The van der Waals surface area contributed by atoms with Crippen molar-refractivity contribution in [3.63, 3.8) is 0 Å². The van der Waals surface area contributed by atoms with Crippen molar-refractivity contribution < 1.29 is 4.74 Å². The molecule has 0 radical (unpaired) electrons. The molecule has 0 aromatic carbocycles. The van der Waals surface area contributed by atoms with Crippen molar-refractivity contribution in [1.29, 1.82) is 0 Å². The van der Waals surface area contributed by atoms with Gasteiger partial charge in [0.05, 0.1) is 19.5 Å². The van der Waals surface area contributed by atoms with Gasteiger partial charge in [-0.25, -0.2) is 9.97 Å². The number of nitrogens with zero attached hydrogens (tertiary/aromatic N) is 3. The molecule has 5 heteroatoms. The molecule has 2 aliphatic heterocycles. The zero-order valence-corrected chi connectivity index (χ0v) is 10.1. The van der Waals surface area contributed by atoms with Gasteiger partial charge in [-0.1, -0.05) is 0 Å². The second-order valence-corrected chi connectivity index (χ2v) is 4.80. The van der Waals surface area contributed by atoms with Crippen LogP contribution in [-0.4, -0.2) is 42.3 Å². The van der Waals surface area contributed by atoms with Crippen LogP contribution in [0.3, 0.4) is 0 Å². The van der Waals surface area contributed by atoms with Crippen molar-refractivity contribution in [2.45, 2.75) is 31.3 Å². The third kappa shape index (κ3) is 2.20. The lowest BCUT2D eigenvalue weighted by Gasteiger charge is -2.23. The van der Waals surface area contributed by atoms with Crippen molar-refractivity contribution in [3.05, 3.63) is 12.4 Å². The van der Waals surface area contributed by atoms with E-state index in [-0.39, 0.29) is 0 Å². The zero-order valence-electron chi connectivity index (χ0n) is 10.1. The van der Waals surface area contributed by atoms with E-state index in [2.05, 4.69) is 20.2 Å². The summed E-state index contributed by atoms with van der Waals surface area (Å²) in [6, 6.07) is 1.30. The van der Waals surface area contributed by atoms with E-state index in [1.165, 1.54) is 19.3 Å². The van der Waals surface area contributed by atoms with Crippen LogP contribution in [0.15, 0.2) is 12.4 Å². The minimum atomic E-state index is 0.605. The summed E-state index contributed by atoms with van der Waals surface area (Å²) >= 11 is 0. The van der Waals surface area contributed by atoms with Crippen LogP contribution in [-0.2, 0) is 0 Å². The SMILES string of the molecule is COc1cnc(N2CCC3CCC(C2)N3)nc1. The molecule has 0 amide bonds. The fourth-order valence-electron chi connectivity index (χ4n) is 2.70. The highest BCUT2D eigenvalue weighted by molar-refractivity contribution is 5.32. The number of hydrogen-bond acceptors (Lipinski definition) is 5. The summed E-state index contributed by atoms with van der Waals surface area (Å²) in [5.74, 6) is 1.53. The molecule has 2 bridgehead atoms. The molecule has 2 atom stereocenters. The van der Waals surface area contributed by atoms with Gasteiger partial charge in [-0.05, 0) is 19.3 Å². The molecule has 0 spiro atoms. The van der Waals surface area contributed by atoms with E-state index in [0.717, 1.165) is 19.0 Å². The van der Waals surface area contributed by atoms with Gasteiger partial charge in [0.15, 0.2) is 5.75 Å². The highest BCUT2D eigenvalue weighted by atomic mass is 16.5. The number of hydrogen-bond donors (Lipinski definition) is 1. The van der Waals surface area contributed by atoms with Crippen LogP contribution >= 0.6 is 0 Å². The summed E-state index contributed by atoms with van der Waals surface area (Å²) in [5, 5.41) is 3.65. The Hall–Kier alpha value is -1.36. The summed E-state index contributed by atoms with van der Waals surface area (Å²) in [4.78, 5) is 11.0. The van der Waals surface area contributed by atoms with E-state index >= 15 is 0 Å². The Morgan fingerprint density at radius 3 is 2.76 bits per heavy atom. The van der Waals surface area contributed by atoms with Crippen molar-refractivity contribution in [2.75, 3.05) is 25.1 Å². The molecule has 2 fully saturated rings. The number of anilines is 1. The predicted octanol–water partition coefficient (Wildman–Crippen LogP) is 0.816. The van der Waals surface area contributed by atoms with Crippen LogP contribution in [0, 0.1) is 0 Å². The summed E-state index contributed by atoms with van der Waals surface area (Å²) < 4.78 is 5.07. The van der Waals surface area contributed by atoms with E-state index in [0.29, 0.717) is 17.8 Å². The molecule has 17 heavy (non-hydrogen) atoms. The van der Waals surface area contributed by atoms with Crippen LogP contribution in [0.4, 0.5) is 5.95 Å². The Kier molecular flexibility index (Phi) is 2.84. The topological polar surface area (TPSA) is 50.3 Å². The molecule has 2 saturated heterocycles. The first-order chi connectivity index (χ1) is 8.35. The lowest BCUT2D eigenvalue weighted by Crippen LogP contribution is -2.36. The molecule has 92 valence electrons. The van der Waals surface area contributed by atoms with E-state index < -0.39 is 0 Å². The Morgan fingerprint density at radius 2 is 2.00 bits per heavy atom. The smallest absolute Gasteiger partial charge is 0.225 e. The van der Waals surface area contributed by atoms with Crippen molar-refractivity contribution in [3.8, 4) is 5.75 Å². The molecule has 1 aromatic rings. The van der Waals surface area contributed by atoms with Crippen LogP contribution in [0.25, 0.3) is 0 Å². The number of nitrogens with one attached hydrogen (secondary N) is 1. The molecule has 0 saturated carbocycles. The lowest BCUT2D eigenvalue weighted by molar-refractivity contribution is 0.410. The standard InChI is InChI=1S/C12H18N4O/c1-17-11-6-13-12(14-7-11)16-5-4-9-2-3-10(8-16)15-9/h6-7,9-10,15H,2-5,8H2,1H3. The van der Waals surface area contributed by atoms with Crippen molar-refractivity contribution in [1.82, 2.24) is 15.3 Å². The van der Waals surface area contributed by atoms with Gasteiger partial charge in [-0.15, -0.1) is 0 Å². The summed E-state index contributed by atoms with van der Waals surface area (Å²) in [5.41, 5.74) is 0. The highest BCUT2D eigenvalue weighted by Crippen LogP contribution is 2.22. The second-order valence-electron chi connectivity index (χ2n) is 4.80. The zero-order chi connectivity index (χ0) is 11.7. The quantitative estimate of drug-likeness (QED) is 0.821. The minimum absolute atomic E-state index is 0.605. The molecule has 1 N–H and O–H groups in total. The summed E-state index contributed by atoms with van der Waals surface area (Å²) in [6.45, 7) is 2.06. The molecule has 3 rings (SSSR count). The van der Waals surface area contributed by atoms with Gasteiger partial charge in [0, 0.05) is 25.2 Å². The van der Waals surface area contributed by atoms with Crippen molar-refractivity contribution in [2.24, 2.45) is 0 Å². The van der Waals surface area contributed by atoms with Crippen molar-refractivity contribution >= 4 is 5.95 Å². The molecule has 2 aliphatic rings. The predicted molar refractivity (Wildman–Crippen MR) is 65.4 cm³/mol. The number of aromatic nitrogens is 2. The Labute approximate surface area is 101 Å². The normalized spacial score (nSPS) is 27.9. The first-order valence-electron chi connectivity index (χ1n) is 6.22. The largest absolute Gasteiger partial charge is 0.494 e. The van der Waals surface area contributed by atoms with Gasteiger partial charge >= 0.3 is 0 Å². The lowest BCUT2D eigenvalue weighted by atomic mass is 10.1. The number of fused-ring (bicyclic) bond motifs is 2. The second kappa shape index (κ2) is 4.49. The Balaban J connectivity index is 1.74. The molecule has 1 aromatic heterocycles. The number of methoxy groups -OCH3 is 1. The molecule has 3 heterocycles. The maximum Gasteiger partial charge on any atom is 0.225 e. The van der Waals surface area contributed by atoms with Gasteiger partial charge in [-0.2, -0.15) is 0 Å². The van der Waals surface area contributed by atoms with Gasteiger partial charge in [-0.3, -0.25) is 0 Å². The van der Waals surface area contributed by atoms with E-state index in [9.17, 15) is 0 Å². The molecule has 0 aliphatic carbocycles. The van der Waals surface area contributed by atoms with Crippen LogP contribution in [0.5, 0.6) is 5.75 Å². The molecule has 2 unspecified atom stereocenters. The molecular weight excluding hydrogens is 216 g/mol. The molecule has 5 nitrogen and oxygen atoms in total. The van der Waals surface area contributed by atoms with Crippen LogP contribution in [0.1, 0.15) is 19.3 Å². The average Bonchev–Trinajstić information content (AvgIpc) is 2.69. The Morgan fingerprint density at radius 1 is 1.24 bits per heavy atom. The summed E-state index contributed by atoms with van der Waals surface area (Å²) in [6.07, 6.45) is 7.25. The first kappa shape index (κ1) is 10.8. The molecular formula is C12H18N4O. The third-order valence-corrected chi connectivity index (χ3v) is 3.66. The van der Waals surface area contributed by atoms with Gasteiger partial charge in [0.25, 0.3) is 0 Å². The van der Waals surface area contributed by atoms with E-state index in [4.69, 9.17) is 4.74 Å². The van der Waals surface area contributed by atoms with Gasteiger partial charge in [0.2, 0.25) is 5.95 Å². The monoisotopic (exact) mass is 234 g/mol. The highest BCUT2D eigenvalue weighted by Gasteiger charge is 2.29. The maximum atomic E-state index is 5.07. The third-order valence-electron chi connectivity index (χ3n) is 3.66. The van der Waals surface area contributed by atoms with Crippen LogP contribution in [0.2, 0.25) is 0 Å². The average molecular weight is 234 g/mol. The Bertz CT molecular complexity index is 381. The maximum absolute atomic E-state index is 5.07.